The summed E-state index contributed by atoms with van der Waals surface area (Å²) in [5.74, 6) is 0. The molecule has 6 aromatic heterocycles. The van der Waals surface area contributed by atoms with Gasteiger partial charge in [-0.2, -0.15) is 0 Å². The van der Waals surface area contributed by atoms with Crippen molar-refractivity contribution in [2.45, 2.75) is 27.7 Å². The van der Waals surface area contributed by atoms with Gasteiger partial charge in [0.25, 0.3) is 0 Å². The van der Waals surface area contributed by atoms with Crippen LogP contribution >= 0.6 is 0 Å². The van der Waals surface area contributed by atoms with Gasteiger partial charge < -0.3 is 13.7 Å². The smallest absolute Gasteiger partial charge is 0.0794 e. The van der Waals surface area contributed by atoms with Gasteiger partial charge in [0.05, 0.1) is 66.7 Å². The number of rotatable bonds is 8. The third kappa shape index (κ3) is 12.7. The molecule has 0 fully saturated rings. The van der Waals surface area contributed by atoms with E-state index in [1.165, 1.54) is 185 Å². The molecule has 596 valence electrons. The normalized spacial score (nSPS) is 11.8. The minimum Gasteiger partial charge on any atom is -0.309 e. The topological polar surface area (TPSA) is 53.5 Å². The molecule has 0 amide bonds. The van der Waals surface area contributed by atoms with Gasteiger partial charge in [0.15, 0.2) is 0 Å². The van der Waals surface area contributed by atoms with Crippen LogP contribution in [-0.4, -0.2) is 28.7 Å². The third-order valence-electron chi connectivity index (χ3n) is 26.1. The number of aromatic nitrogens is 6. The first-order valence-electron chi connectivity index (χ1n) is 43.8. The zero-order chi connectivity index (χ0) is 84.5. The van der Waals surface area contributed by atoms with Crippen molar-refractivity contribution >= 4 is 163 Å². The molecule has 0 bridgehead atoms. The molecule has 0 N–H and O–H groups in total. The van der Waals surface area contributed by atoms with E-state index in [0.29, 0.717) is 0 Å². The second-order valence-electron chi connectivity index (χ2n) is 34.0. The Morgan fingerprint density at radius 2 is 0.354 bits per heavy atom. The zero-order valence-corrected chi connectivity index (χ0v) is 70.6. The van der Waals surface area contributed by atoms with E-state index in [0.717, 1.165) is 72.8 Å². The summed E-state index contributed by atoms with van der Waals surface area (Å²) in [6, 6.07) is 154. The molecule has 0 aliphatic heterocycles. The average Bonchev–Trinajstić information content (AvgIpc) is 1.74. The fourth-order valence-corrected chi connectivity index (χ4v) is 20.1. The molecule has 0 radical (unpaired) electrons. The van der Waals surface area contributed by atoms with E-state index in [1.807, 2.05) is 0 Å². The lowest BCUT2D eigenvalue weighted by molar-refractivity contribution is 1.18. The Morgan fingerprint density at radius 1 is 0.142 bits per heavy atom. The summed E-state index contributed by atoms with van der Waals surface area (Å²) in [6.07, 6.45) is 0. The summed E-state index contributed by atoms with van der Waals surface area (Å²) in [6.45, 7) is 8.64. The standard InChI is InChI=1S/C47H30N2.2C37H26N2/c1-3-11-31(12-4-1)34-21-25-37-40-27-28-44(48-47(40)41-26-22-35(30-43(41)42(37)29-34)32-13-5-2-6-14-32)33-19-23-36(24-20-33)49-45-17-9-7-15-38(45)39-16-8-10-18-46(39)49;1-23-11-17-27-28-18-12-24(2)22-33(28)37-31(32(27)21-23)19-20-34(38-37)25-13-15-26(16-14-25)39-35-9-5-3-7-29(35)30-8-4-6-10-36(30)39;1-23-11-17-27-30-19-20-34(38-37(30)31-18-12-24(2)22-33(31)32(27)21-23)25-13-15-26(16-14-25)39-35-9-5-3-7-28(35)29-8-4-6-10-36(29)39/h1-30H;2*3-22H,1-2H3. The number of fused-ring (bicyclic) bond motifs is 27. The van der Waals surface area contributed by atoms with Gasteiger partial charge in [-0.1, -0.05) is 320 Å². The molecule has 0 aliphatic rings. The van der Waals surface area contributed by atoms with E-state index in [9.17, 15) is 0 Å². The minimum absolute atomic E-state index is 0.968. The number of para-hydroxylation sites is 6. The molecule has 26 rings (SSSR count). The van der Waals surface area contributed by atoms with Crippen molar-refractivity contribution in [1.82, 2.24) is 28.7 Å². The monoisotopic (exact) mass is 1620 g/mol. The van der Waals surface area contributed by atoms with Gasteiger partial charge in [-0.15, -0.1) is 0 Å². The summed E-state index contributed by atoms with van der Waals surface area (Å²) in [5.41, 5.74) is 30.1. The Hall–Kier alpha value is -16.4. The summed E-state index contributed by atoms with van der Waals surface area (Å²) in [5, 5.41) is 26.1. The fourth-order valence-electron chi connectivity index (χ4n) is 20.1. The molecule has 0 aliphatic carbocycles. The summed E-state index contributed by atoms with van der Waals surface area (Å²) in [4.78, 5) is 15.9. The van der Waals surface area contributed by atoms with Crippen molar-refractivity contribution in [2.75, 3.05) is 0 Å². The lowest BCUT2D eigenvalue weighted by Gasteiger charge is -2.14. The van der Waals surface area contributed by atoms with Crippen LogP contribution in [-0.2, 0) is 0 Å². The van der Waals surface area contributed by atoms with Crippen LogP contribution in [0.5, 0.6) is 0 Å². The number of nitrogens with zero attached hydrogens (tertiary/aromatic N) is 6. The molecule has 6 nitrogen and oxygen atoms in total. The SMILES string of the molecule is Cc1ccc2c(c1)c1cc(C)ccc1c1nc(-c3ccc(-n4c5ccccc5c5ccccc54)cc3)ccc21.Cc1ccc2c(c1)c1ccc(-c3ccc(-n4c5ccccc5c5ccccc54)cc3)nc1c1cc(C)ccc21.c1ccc(-c2ccc3c(c2)c2cc(-c4ccccc4)ccc2c2nc(-c4ccc(-n5c6ccccc6c6ccccc65)cc4)ccc32)cc1. The van der Waals surface area contributed by atoms with E-state index in [-0.39, 0.29) is 0 Å². The van der Waals surface area contributed by atoms with Gasteiger partial charge in [0.1, 0.15) is 0 Å². The highest BCUT2D eigenvalue weighted by atomic mass is 15.0. The first kappa shape index (κ1) is 74.4. The van der Waals surface area contributed by atoms with E-state index < -0.39 is 0 Å². The van der Waals surface area contributed by atoms with Gasteiger partial charge >= 0.3 is 0 Å². The summed E-state index contributed by atoms with van der Waals surface area (Å²) < 4.78 is 7.06. The predicted molar refractivity (Wildman–Crippen MR) is 539 cm³/mol. The minimum atomic E-state index is 0.968. The average molecular weight is 1620 g/mol. The van der Waals surface area contributed by atoms with Crippen LogP contribution < -0.4 is 0 Å². The Balaban J connectivity index is 0.000000107. The summed E-state index contributed by atoms with van der Waals surface area (Å²) in [7, 11) is 0. The van der Waals surface area contributed by atoms with Crippen LogP contribution in [0, 0.1) is 27.7 Å². The van der Waals surface area contributed by atoms with Gasteiger partial charge in [-0.05, 0) is 226 Å². The lowest BCUT2D eigenvalue weighted by atomic mass is 9.91. The van der Waals surface area contributed by atoms with Crippen molar-refractivity contribution in [3.63, 3.8) is 0 Å². The molecule has 0 atom stereocenters. The Bertz CT molecular complexity index is 8800. The lowest BCUT2D eigenvalue weighted by Crippen LogP contribution is -1.94. The molecular weight excluding hydrogens is 1540 g/mol. The van der Waals surface area contributed by atoms with Gasteiger partial charge in [-0.25, -0.2) is 15.0 Å². The van der Waals surface area contributed by atoms with Crippen molar-refractivity contribution < 1.29 is 0 Å². The number of pyridine rings is 3. The highest BCUT2D eigenvalue weighted by molar-refractivity contribution is 6.28. The Kier molecular flexibility index (Phi) is 17.7. The number of aryl methyl sites for hydroxylation is 4. The molecule has 6 heteroatoms. The molecule has 6 heterocycles. The molecule has 20 aromatic carbocycles. The summed E-state index contributed by atoms with van der Waals surface area (Å²) >= 11 is 0. The maximum atomic E-state index is 5.39. The molecule has 0 saturated heterocycles. The van der Waals surface area contributed by atoms with E-state index in [2.05, 4.69) is 466 Å². The highest BCUT2D eigenvalue weighted by Gasteiger charge is 2.21. The number of hydrogen-bond donors (Lipinski definition) is 0. The van der Waals surface area contributed by atoms with E-state index >= 15 is 0 Å². The first-order valence-corrected chi connectivity index (χ1v) is 43.8. The Morgan fingerprint density at radius 3 is 0.693 bits per heavy atom. The van der Waals surface area contributed by atoms with Crippen molar-refractivity contribution in [1.29, 1.82) is 0 Å². The van der Waals surface area contributed by atoms with Crippen molar-refractivity contribution in [2.24, 2.45) is 0 Å². The molecule has 0 spiro atoms. The van der Waals surface area contributed by atoms with E-state index in [4.69, 9.17) is 15.0 Å². The second-order valence-corrected chi connectivity index (χ2v) is 34.0. The maximum absolute atomic E-state index is 5.39. The van der Waals surface area contributed by atoms with Crippen LogP contribution in [0.2, 0.25) is 0 Å². The molecule has 0 saturated carbocycles. The van der Waals surface area contributed by atoms with Crippen molar-refractivity contribution in [3.8, 4) is 73.1 Å². The van der Waals surface area contributed by atoms with Crippen molar-refractivity contribution in [3.05, 3.63) is 447 Å². The van der Waals surface area contributed by atoms with Crippen LogP contribution in [0.1, 0.15) is 22.3 Å². The van der Waals surface area contributed by atoms with E-state index in [1.54, 1.807) is 0 Å². The van der Waals surface area contributed by atoms with Crippen LogP contribution in [0.15, 0.2) is 425 Å². The number of benzene rings is 20. The maximum Gasteiger partial charge on any atom is 0.0794 e. The van der Waals surface area contributed by atoms with Crippen LogP contribution in [0.3, 0.4) is 0 Å². The van der Waals surface area contributed by atoms with Crippen LogP contribution in [0.25, 0.3) is 236 Å². The molecule has 127 heavy (non-hydrogen) atoms. The largest absolute Gasteiger partial charge is 0.309 e. The quantitative estimate of drug-likeness (QED) is 0.143. The first-order chi connectivity index (χ1) is 62.6. The molecule has 26 aromatic rings. The fraction of sp³-hybridized carbons (Fsp3) is 0.0331. The predicted octanol–water partition coefficient (Wildman–Crippen LogP) is 32.5. The highest BCUT2D eigenvalue weighted by Crippen LogP contribution is 2.45. The number of hydrogen-bond acceptors (Lipinski definition) is 3. The molecule has 0 unspecified atom stereocenters. The Labute approximate surface area is 734 Å². The second kappa shape index (κ2) is 30.3. The van der Waals surface area contributed by atoms with Gasteiger partial charge in [0, 0.05) is 98.4 Å². The molecular formula is C121H82N6. The third-order valence-corrected chi connectivity index (χ3v) is 26.1. The van der Waals surface area contributed by atoms with Gasteiger partial charge in [-0.3, -0.25) is 0 Å². The van der Waals surface area contributed by atoms with Crippen LogP contribution in [0.4, 0.5) is 0 Å². The van der Waals surface area contributed by atoms with Gasteiger partial charge in [0.2, 0.25) is 0 Å². The zero-order valence-electron chi connectivity index (χ0n) is 70.6.